The first-order valence-electron chi connectivity index (χ1n) is 12.8. The Morgan fingerprint density at radius 3 is 1.44 bits per heavy atom. The van der Waals surface area contributed by atoms with E-state index >= 15 is 0 Å². The second-order valence-electron chi connectivity index (χ2n) is 11.7. The smallest absolute Gasteiger partial charge is 0.0654 e. The van der Waals surface area contributed by atoms with E-state index < -0.39 is 0 Å². The maximum Gasteiger partial charge on any atom is 0.0654 e. The van der Waals surface area contributed by atoms with E-state index in [1.54, 1.807) is 0 Å². The highest BCUT2D eigenvalue weighted by atomic mass is 15.5. The van der Waals surface area contributed by atoms with Crippen LogP contribution in [0.15, 0.2) is 36.4 Å². The number of benzene rings is 2. The molecule has 1 aliphatic heterocycles. The summed E-state index contributed by atoms with van der Waals surface area (Å²) < 4.78 is 0. The van der Waals surface area contributed by atoms with Gasteiger partial charge in [-0.05, 0) is 59.8 Å². The van der Waals surface area contributed by atoms with Crippen molar-refractivity contribution >= 4 is 11.4 Å². The van der Waals surface area contributed by atoms with Crippen LogP contribution in [0.25, 0.3) is 0 Å². The monoisotopic (exact) mass is 432 g/mol. The van der Waals surface area contributed by atoms with Gasteiger partial charge < -0.3 is 10.2 Å². The topological polar surface area (TPSA) is 15.0 Å². The zero-order chi connectivity index (χ0) is 23.5. The van der Waals surface area contributed by atoms with Gasteiger partial charge in [0.15, 0.2) is 0 Å². The molecule has 2 fully saturated rings. The standard InChI is InChI=1S/C30H44N2/c1-17(2)22-13-11-14-23(18(3)4)27(22)31-21(9)26-29-30(26,10)32(29)28-24(19(5)6)15-12-16-25(28)20(7)8/h11-21,26,29,31H,1-10H3/t21?,26?,29-,30-,32?/m0/s1. The van der Waals surface area contributed by atoms with Crippen molar-refractivity contribution in [2.45, 2.75) is 111 Å². The van der Waals surface area contributed by atoms with Gasteiger partial charge in [0.25, 0.3) is 0 Å². The Hall–Kier alpha value is -1.96. The molecule has 2 aromatic rings. The van der Waals surface area contributed by atoms with Gasteiger partial charge >= 0.3 is 0 Å². The minimum absolute atomic E-state index is 0.297. The number of anilines is 2. The van der Waals surface area contributed by atoms with Gasteiger partial charge in [0.1, 0.15) is 0 Å². The van der Waals surface area contributed by atoms with Gasteiger partial charge in [-0.25, -0.2) is 0 Å². The van der Waals surface area contributed by atoms with Crippen LogP contribution in [0.1, 0.15) is 115 Å². The molecular weight excluding hydrogens is 388 g/mol. The third-order valence-electron chi connectivity index (χ3n) is 8.10. The number of nitrogens with one attached hydrogen (secondary N) is 1. The fourth-order valence-corrected chi connectivity index (χ4v) is 6.16. The first-order valence-corrected chi connectivity index (χ1v) is 12.8. The predicted molar refractivity (Wildman–Crippen MR) is 140 cm³/mol. The van der Waals surface area contributed by atoms with Crippen LogP contribution in [0.4, 0.5) is 11.4 Å². The number of rotatable bonds is 8. The first-order chi connectivity index (χ1) is 15.0. The van der Waals surface area contributed by atoms with Crippen molar-refractivity contribution in [3.63, 3.8) is 0 Å². The highest BCUT2D eigenvalue weighted by Crippen LogP contribution is 2.71. The van der Waals surface area contributed by atoms with E-state index in [-0.39, 0.29) is 0 Å². The molecule has 2 unspecified atom stereocenters. The Kier molecular flexibility index (Phi) is 5.89. The summed E-state index contributed by atoms with van der Waals surface area (Å²) in [7, 11) is 0. The lowest BCUT2D eigenvalue weighted by Crippen LogP contribution is -2.35. The summed E-state index contributed by atoms with van der Waals surface area (Å²) in [5, 5.41) is 4.01. The second kappa shape index (κ2) is 8.12. The molecule has 1 heterocycles. The summed E-state index contributed by atoms with van der Waals surface area (Å²) in [5.74, 6) is 2.84. The van der Waals surface area contributed by atoms with Crippen LogP contribution < -0.4 is 10.2 Å². The molecule has 4 rings (SSSR count). The van der Waals surface area contributed by atoms with Crippen molar-refractivity contribution in [3.05, 3.63) is 58.7 Å². The molecule has 0 bridgehead atoms. The van der Waals surface area contributed by atoms with Gasteiger partial charge in [0.2, 0.25) is 0 Å². The number of hydrogen-bond donors (Lipinski definition) is 1. The van der Waals surface area contributed by atoms with Crippen LogP contribution in [0.3, 0.4) is 0 Å². The van der Waals surface area contributed by atoms with Crippen LogP contribution in [-0.2, 0) is 0 Å². The lowest BCUT2D eigenvalue weighted by atomic mass is 9.90. The van der Waals surface area contributed by atoms with E-state index in [0.717, 1.165) is 0 Å². The minimum atomic E-state index is 0.297. The number of nitrogens with zero attached hydrogens (tertiary/aromatic N) is 1. The van der Waals surface area contributed by atoms with Crippen molar-refractivity contribution in [1.29, 1.82) is 0 Å². The van der Waals surface area contributed by atoms with E-state index in [1.807, 2.05) is 0 Å². The lowest BCUT2D eigenvalue weighted by molar-refractivity contribution is 0.531. The molecule has 2 aliphatic rings. The molecule has 2 heteroatoms. The van der Waals surface area contributed by atoms with Gasteiger partial charge in [-0.1, -0.05) is 91.8 Å². The van der Waals surface area contributed by atoms with E-state index in [1.165, 1.54) is 33.6 Å². The quantitative estimate of drug-likeness (QED) is 0.422. The molecule has 2 nitrogen and oxygen atoms in total. The maximum atomic E-state index is 4.01. The van der Waals surface area contributed by atoms with Gasteiger partial charge in [0.05, 0.1) is 11.6 Å². The van der Waals surface area contributed by atoms with Crippen molar-refractivity contribution in [1.82, 2.24) is 0 Å². The van der Waals surface area contributed by atoms with E-state index in [9.17, 15) is 0 Å². The summed E-state index contributed by atoms with van der Waals surface area (Å²) in [4.78, 5) is 2.73. The van der Waals surface area contributed by atoms with Crippen LogP contribution >= 0.6 is 0 Å². The van der Waals surface area contributed by atoms with Gasteiger partial charge in [-0.3, -0.25) is 0 Å². The third-order valence-corrected chi connectivity index (χ3v) is 8.10. The van der Waals surface area contributed by atoms with Crippen LogP contribution in [0.5, 0.6) is 0 Å². The molecule has 0 aromatic heterocycles. The Bertz CT molecular complexity index is 932. The Morgan fingerprint density at radius 2 is 1.06 bits per heavy atom. The van der Waals surface area contributed by atoms with Crippen molar-refractivity contribution in [2.24, 2.45) is 5.92 Å². The number of fused-ring (bicyclic) bond motifs is 1. The largest absolute Gasteiger partial charge is 0.382 e. The molecular formula is C30H44N2. The molecule has 0 spiro atoms. The Balaban J connectivity index is 1.59. The molecule has 1 N–H and O–H groups in total. The lowest BCUT2D eigenvalue weighted by Gasteiger charge is -2.32. The molecule has 0 radical (unpaired) electrons. The van der Waals surface area contributed by atoms with Crippen LogP contribution in [0, 0.1) is 5.92 Å². The minimum Gasteiger partial charge on any atom is -0.382 e. The third kappa shape index (κ3) is 3.55. The molecule has 1 saturated carbocycles. The zero-order valence-electron chi connectivity index (χ0n) is 22.0. The summed E-state index contributed by atoms with van der Waals surface area (Å²) in [6, 6.07) is 14.9. The molecule has 1 saturated heterocycles. The molecule has 32 heavy (non-hydrogen) atoms. The molecule has 174 valence electrons. The fraction of sp³-hybridized carbons (Fsp3) is 0.600. The molecule has 1 aliphatic carbocycles. The van der Waals surface area contributed by atoms with Crippen molar-refractivity contribution in [2.75, 3.05) is 10.2 Å². The second-order valence-corrected chi connectivity index (χ2v) is 11.7. The highest BCUT2D eigenvalue weighted by Gasteiger charge is 2.84. The fourth-order valence-electron chi connectivity index (χ4n) is 6.16. The van der Waals surface area contributed by atoms with Gasteiger partial charge in [-0.2, -0.15) is 0 Å². The van der Waals surface area contributed by atoms with E-state index in [2.05, 4.69) is 116 Å². The summed E-state index contributed by atoms with van der Waals surface area (Å²) >= 11 is 0. The Morgan fingerprint density at radius 1 is 0.688 bits per heavy atom. The van der Waals surface area contributed by atoms with Crippen molar-refractivity contribution in [3.8, 4) is 0 Å². The maximum absolute atomic E-state index is 4.01. The van der Waals surface area contributed by atoms with E-state index in [4.69, 9.17) is 0 Å². The van der Waals surface area contributed by atoms with E-state index in [0.29, 0.717) is 47.2 Å². The summed E-state index contributed by atoms with van der Waals surface area (Å²) in [6.07, 6.45) is 0. The summed E-state index contributed by atoms with van der Waals surface area (Å²) in [6.45, 7) is 23.4. The van der Waals surface area contributed by atoms with Crippen molar-refractivity contribution < 1.29 is 0 Å². The van der Waals surface area contributed by atoms with Crippen LogP contribution in [-0.4, -0.2) is 17.6 Å². The Labute approximate surface area is 196 Å². The average molecular weight is 433 g/mol. The molecule has 4 atom stereocenters. The highest BCUT2D eigenvalue weighted by molar-refractivity contribution is 5.77. The first kappa shape index (κ1) is 23.2. The SMILES string of the molecule is CC(C)c1cccc(C(C)C)c1NC(C)C1[C@@H]2N(c3c(C(C)C)cccc3C(C)C)[C@@]12C. The summed E-state index contributed by atoms with van der Waals surface area (Å²) in [5.41, 5.74) is 9.13. The zero-order valence-corrected chi connectivity index (χ0v) is 22.0. The predicted octanol–water partition coefficient (Wildman–Crippen LogP) is 8.26. The van der Waals surface area contributed by atoms with Gasteiger partial charge in [0, 0.05) is 23.3 Å². The number of hydrogen-bond acceptors (Lipinski definition) is 2. The molecule has 2 aromatic carbocycles. The molecule has 0 amide bonds. The van der Waals surface area contributed by atoms with Crippen LogP contribution in [0.2, 0.25) is 0 Å². The average Bonchev–Trinajstić information content (AvgIpc) is 3.53. The number of para-hydroxylation sites is 2. The normalized spacial score (nSPS) is 25.0. The van der Waals surface area contributed by atoms with Gasteiger partial charge in [-0.15, -0.1) is 0 Å².